The van der Waals surface area contributed by atoms with Gasteiger partial charge < -0.3 is 5.11 Å². The summed E-state index contributed by atoms with van der Waals surface area (Å²) >= 11 is 0.933. The lowest BCUT2D eigenvalue weighted by molar-refractivity contribution is -0.00181. The van der Waals surface area contributed by atoms with Gasteiger partial charge in [-0.15, -0.1) is 11.3 Å². The Balaban J connectivity index is 2.01. The normalized spacial score (nSPS) is 27.1. The summed E-state index contributed by atoms with van der Waals surface area (Å²) in [5, 5.41) is 19.1. The molecule has 0 bridgehead atoms. The van der Waals surface area contributed by atoms with E-state index in [1.807, 2.05) is 6.07 Å². The van der Waals surface area contributed by atoms with Gasteiger partial charge in [-0.25, -0.2) is 13.1 Å². The Morgan fingerprint density at radius 1 is 1.50 bits per heavy atom. The molecule has 2 N–H and O–H groups in total. The van der Waals surface area contributed by atoms with Crippen molar-refractivity contribution in [3.63, 3.8) is 0 Å². The predicted molar refractivity (Wildman–Crippen MR) is 76.8 cm³/mol. The summed E-state index contributed by atoms with van der Waals surface area (Å²) in [6.45, 7) is 2.17. The predicted octanol–water partition coefficient (Wildman–Crippen LogP) is 1.84. The van der Waals surface area contributed by atoms with Crippen molar-refractivity contribution in [2.75, 3.05) is 6.54 Å². The highest BCUT2D eigenvalue weighted by Crippen LogP contribution is 2.31. The highest BCUT2D eigenvalue weighted by Gasteiger charge is 2.33. The molecule has 0 atom stereocenters. The molecule has 7 heteroatoms. The zero-order valence-electron chi connectivity index (χ0n) is 11.3. The third-order valence-electron chi connectivity index (χ3n) is 3.75. The van der Waals surface area contributed by atoms with E-state index < -0.39 is 15.6 Å². The molecule has 0 spiro atoms. The molecule has 5 nitrogen and oxygen atoms in total. The Morgan fingerprint density at radius 3 is 2.70 bits per heavy atom. The van der Waals surface area contributed by atoms with Crippen molar-refractivity contribution in [2.24, 2.45) is 5.92 Å². The van der Waals surface area contributed by atoms with Crippen LogP contribution in [-0.4, -0.2) is 25.7 Å². The van der Waals surface area contributed by atoms with Gasteiger partial charge in [0.2, 0.25) is 10.0 Å². The van der Waals surface area contributed by atoms with Gasteiger partial charge >= 0.3 is 0 Å². The number of nitrogens with one attached hydrogen (secondary N) is 1. The molecule has 1 fully saturated rings. The van der Waals surface area contributed by atoms with Crippen molar-refractivity contribution in [2.45, 2.75) is 42.4 Å². The lowest BCUT2D eigenvalue weighted by Crippen LogP contribution is -2.45. The van der Waals surface area contributed by atoms with E-state index in [1.54, 1.807) is 0 Å². The molecule has 0 amide bonds. The van der Waals surface area contributed by atoms with Crippen LogP contribution in [0.25, 0.3) is 0 Å². The second kappa shape index (κ2) is 5.82. The number of rotatable bonds is 4. The smallest absolute Gasteiger partial charge is 0.250 e. The lowest BCUT2D eigenvalue weighted by Gasteiger charge is -2.34. The molecule has 0 aliphatic heterocycles. The molecule has 20 heavy (non-hydrogen) atoms. The van der Waals surface area contributed by atoms with Gasteiger partial charge in [0.1, 0.15) is 15.2 Å². The van der Waals surface area contributed by atoms with E-state index in [0.717, 1.165) is 24.2 Å². The maximum atomic E-state index is 12.1. The van der Waals surface area contributed by atoms with Gasteiger partial charge in [0.05, 0.1) is 5.60 Å². The number of nitriles is 1. The van der Waals surface area contributed by atoms with E-state index in [2.05, 4.69) is 11.6 Å². The maximum Gasteiger partial charge on any atom is 0.250 e. The van der Waals surface area contributed by atoms with Crippen molar-refractivity contribution >= 4 is 21.4 Å². The number of sulfonamides is 1. The first-order valence-electron chi connectivity index (χ1n) is 6.57. The van der Waals surface area contributed by atoms with Gasteiger partial charge in [0.15, 0.2) is 0 Å². The molecular weight excluding hydrogens is 296 g/mol. The highest BCUT2D eigenvalue weighted by atomic mass is 32.2. The van der Waals surface area contributed by atoms with Crippen LogP contribution in [0.2, 0.25) is 0 Å². The fourth-order valence-corrected chi connectivity index (χ4v) is 4.57. The zero-order chi connectivity index (χ0) is 14.8. The zero-order valence-corrected chi connectivity index (χ0v) is 12.9. The molecule has 0 unspecified atom stereocenters. The highest BCUT2D eigenvalue weighted by molar-refractivity contribution is 7.91. The van der Waals surface area contributed by atoms with E-state index in [9.17, 15) is 13.5 Å². The van der Waals surface area contributed by atoms with Crippen molar-refractivity contribution in [3.05, 3.63) is 17.0 Å². The van der Waals surface area contributed by atoms with Crippen molar-refractivity contribution in [1.29, 1.82) is 5.26 Å². The SMILES string of the molecule is CC1CCC(O)(CNS(=O)(=O)c2ccc(C#N)s2)CC1. The minimum absolute atomic E-state index is 0.0296. The monoisotopic (exact) mass is 314 g/mol. The fraction of sp³-hybridized carbons (Fsp3) is 0.615. The van der Waals surface area contributed by atoms with Crippen LogP contribution in [0.4, 0.5) is 0 Å². The number of aliphatic hydroxyl groups is 1. The van der Waals surface area contributed by atoms with Crippen molar-refractivity contribution in [3.8, 4) is 6.07 Å². The molecule has 0 radical (unpaired) electrons. The van der Waals surface area contributed by atoms with Gasteiger partial charge in [-0.05, 0) is 43.7 Å². The largest absolute Gasteiger partial charge is 0.389 e. The van der Waals surface area contributed by atoms with Crippen LogP contribution in [0.1, 0.15) is 37.5 Å². The average molecular weight is 314 g/mol. The Hall–Kier alpha value is -0.940. The second-order valence-corrected chi connectivity index (χ2v) is 8.54. The Morgan fingerprint density at radius 2 is 2.15 bits per heavy atom. The first kappa shape index (κ1) is 15.4. The van der Waals surface area contributed by atoms with Gasteiger partial charge in [0, 0.05) is 6.54 Å². The van der Waals surface area contributed by atoms with Crippen LogP contribution >= 0.6 is 11.3 Å². The minimum atomic E-state index is -3.64. The number of hydrogen-bond donors (Lipinski definition) is 2. The molecule has 1 saturated carbocycles. The summed E-state index contributed by atoms with van der Waals surface area (Å²) < 4.78 is 26.8. The van der Waals surface area contributed by atoms with Crippen molar-refractivity contribution in [1.82, 2.24) is 4.72 Å². The molecular formula is C13H18N2O3S2. The van der Waals surface area contributed by atoms with E-state index >= 15 is 0 Å². The summed E-state index contributed by atoms with van der Waals surface area (Å²) in [4.78, 5) is 0.357. The molecule has 0 aromatic carbocycles. The van der Waals surface area contributed by atoms with Gasteiger partial charge in [-0.2, -0.15) is 5.26 Å². The molecule has 2 rings (SSSR count). The average Bonchev–Trinajstić information content (AvgIpc) is 2.90. The fourth-order valence-electron chi connectivity index (χ4n) is 2.30. The summed E-state index contributed by atoms with van der Waals surface area (Å²) in [6.07, 6.45) is 3.06. The standard InChI is InChI=1S/C13H18N2O3S2/c1-10-4-6-13(16,7-5-10)9-15-20(17,18)12-3-2-11(8-14)19-12/h2-3,10,15-16H,4-7,9H2,1H3. The van der Waals surface area contributed by atoms with Crippen LogP contribution in [-0.2, 0) is 10.0 Å². The van der Waals surface area contributed by atoms with E-state index in [0.29, 0.717) is 23.6 Å². The van der Waals surface area contributed by atoms with E-state index in [4.69, 9.17) is 5.26 Å². The molecule has 1 aliphatic rings. The summed E-state index contributed by atoms with van der Waals surface area (Å²) in [5.41, 5.74) is -0.950. The van der Waals surface area contributed by atoms with Gasteiger partial charge in [-0.3, -0.25) is 0 Å². The Kier molecular flexibility index (Phi) is 4.49. The van der Waals surface area contributed by atoms with Crippen LogP contribution in [0.15, 0.2) is 16.3 Å². The summed E-state index contributed by atoms with van der Waals surface area (Å²) in [5.74, 6) is 0.586. The van der Waals surface area contributed by atoms with Crippen LogP contribution < -0.4 is 4.72 Å². The van der Waals surface area contributed by atoms with Crippen LogP contribution in [0.5, 0.6) is 0 Å². The van der Waals surface area contributed by atoms with Gasteiger partial charge in [-0.1, -0.05) is 6.92 Å². The number of nitrogens with zero attached hydrogens (tertiary/aromatic N) is 1. The Bertz CT molecular complexity index is 608. The van der Waals surface area contributed by atoms with Crippen LogP contribution in [0, 0.1) is 17.2 Å². The van der Waals surface area contributed by atoms with Crippen molar-refractivity contribution < 1.29 is 13.5 Å². The summed E-state index contributed by atoms with van der Waals surface area (Å²) in [6, 6.07) is 4.81. The quantitative estimate of drug-likeness (QED) is 0.887. The van der Waals surface area contributed by atoms with Gasteiger partial charge in [0.25, 0.3) is 0 Å². The molecule has 1 aromatic heterocycles. The maximum absolute atomic E-state index is 12.1. The molecule has 1 heterocycles. The van der Waals surface area contributed by atoms with E-state index in [-0.39, 0.29) is 10.8 Å². The lowest BCUT2D eigenvalue weighted by atomic mass is 9.80. The summed E-state index contributed by atoms with van der Waals surface area (Å²) in [7, 11) is -3.64. The third-order valence-corrected chi connectivity index (χ3v) is 6.64. The first-order valence-corrected chi connectivity index (χ1v) is 8.87. The van der Waals surface area contributed by atoms with Crippen LogP contribution in [0.3, 0.4) is 0 Å². The number of hydrogen-bond acceptors (Lipinski definition) is 5. The molecule has 1 aromatic rings. The Labute approximate surface area is 123 Å². The molecule has 110 valence electrons. The minimum Gasteiger partial charge on any atom is -0.389 e. The molecule has 0 saturated heterocycles. The first-order chi connectivity index (χ1) is 9.35. The number of thiophene rings is 1. The van der Waals surface area contributed by atoms with E-state index in [1.165, 1.54) is 12.1 Å². The topological polar surface area (TPSA) is 90.2 Å². The second-order valence-electron chi connectivity index (χ2n) is 5.46. The molecule has 1 aliphatic carbocycles. The third kappa shape index (κ3) is 3.58.